The molecular weight excluding hydrogens is 395 g/mol. The van der Waals surface area contributed by atoms with E-state index in [0.29, 0.717) is 22.9 Å². The number of carbonyl (C=O) groups is 2. The van der Waals surface area contributed by atoms with Crippen LogP contribution < -0.4 is 0 Å². The van der Waals surface area contributed by atoms with Gasteiger partial charge in [0.1, 0.15) is 5.60 Å². The van der Waals surface area contributed by atoms with Crippen LogP contribution in [-0.2, 0) is 19.1 Å². The molecule has 6 nitrogen and oxygen atoms in total. The van der Waals surface area contributed by atoms with Crippen molar-refractivity contribution in [2.45, 2.75) is 51.4 Å². The molecule has 0 fully saturated rings. The molecule has 150 valence electrons. The molecule has 0 aliphatic heterocycles. The van der Waals surface area contributed by atoms with Crippen molar-refractivity contribution in [2.75, 3.05) is 6.61 Å². The predicted octanol–water partition coefficient (Wildman–Crippen LogP) is 3.96. The Labute approximate surface area is 168 Å². The normalized spacial score (nSPS) is 14.1. The molecule has 0 radical (unpaired) electrons. The molecule has 8 heteroatoms. The number of ether oxygens (including phenoxy) is 2. The fourth-order valence-corrected chi connectivity index (χ4v) is 2.34. The lowest BCUT2D eigenvalue weighted by Crippen LogP contribution is -2.44. The minimum Gasteiger partial charge on any atom is -0.479 e. The van der Waals surface area contributed by atoms with E-state index in [9.17, 15) is 14.7 Å². The molecule has 27 heavy (non-hydrogen) atoms. The number of carboxylic acids is 1. The van der Waals surface area contributed by atoms with Crippen LogP contribution >= 0.6 is 23.2 Å². The molecule has 0 saturated carbocycles. The number of rotatable bonds is 9. The summed E-state index contributed by atoms with van der Waals surface area (Å²) >= 11 is 11.8. The maximum Gasteiger partial charge on any atom is 0.338 e. The van der Waals surface area contributed by atoms with Crippen molar-refractivity contribution in [3.8, 4) is 0 Å². The number of halogens is 2. The molecule has 0 unspecified atom stereocenters. The van der Waals surface area contributed by atoms with Crippen molar-refractivity contribution >= 4 is 41.2 Å². The number of hydrogen-bond donors (Lipinski definition) is 2. The highest BCUT2D eigenvalue weighted by molar-refractivity contribution is 6.42. The average molecular weight is 419 g/mol. The molecule has 0 bridgehead atoms. The van der Waals surface area contributed by atoms with Crippen molar-refractivity contribution in [3.05, 3.63) is 39.9 Å². The minimum absolute atomic E-state index is 0.0581. The summed E-state index contributed by atoms with van der Waals surface area (Å²) in [6, 6.07) is 5.25. The van der Waals surface area contributed by atoms with Gasteiger partial charge in [0.05, 0.1) is 10.0 Å². The van der Waals surface area contributed by atoms with Gasteiger partial charge in [0.25, 0.3) is 0 Å². The number of aliphatic hydroxyl groups excluding tert-OH is 1. The van der Waals surface area contributed by atoms with Crippen molar-refractivity contribution in [2.24, 2.45) is 0 Å². The van der Waals surface area contributed by atoms with Crippen LogP contribution in [0.1, 0.15) is 39.2 Å². The van der Waals surface area contributed by atoms with E-state index >= 15 is 0 Å². The van der Waals surface area contributed by atoms with Gasteiger partial charge in [-0.05, 0) is 51.3 Å². The van der Waals surface area contributed by atoms with Crippen LogP contribution in [0.25, 0.3) is 6.08 Å². The quantitative estimate of drug-likeness (QED) is 0.465. The summed E-state index contributed by atoms with van der Waals surface area (Å²) in [6.45, 7) is 4.92. The number of esters is 1. The number of aliphatic hydroxyl groups is 1. The maximum atomic E-state index is 11.8. The number of allylic oxidation sites excluding steroid dienone is 1. The molecular formula is C19H24Cl2O6. The lowest BCUT2D eigenvalue weighted by molar-refractivity contribution is -0.181. The summed E-state index contributed by atoms with van der Waals surface area (Å²) < 4.78 is 10.1. The Kier molecular flexibility index (Phi) is 9.26. The topological polar surface area (TPSA) is 93.1 Å². The van der Waals surface area contributed by atoms with Gasteiger partial charge < -0.3 is 19.7 Å². The van der Waals surface area contributed by atoms with Gasteiger partial charge in [-0.3, -0.25) is 0 Å². The van der Waals surface area contributed by atoms with Gasteiger partial charge >= 0.3 is 11.9 Å². The Morgan fingerprint density at radius 1 is 1.22 bits per heavy atom. The van der Waals surface area contributed by atoms with E-state index in [-0.39, 0.29) is 6.61 Å². The molecule has 0 aromatic heterocycles. The molecule has 0 saturated heterocycles. The first-order chi connectivity index (χ1) is 12.5. The monoisotopic (exact) mass is 418 g/mol. The molecule has 0 aliphatic carbocycles. The highest BCUT2D eigenvalue weighted by atomic mass is 35.5. The lowest BCUT2D eigenvalue weighted by atomic mass is 10.1. The van der Waals surface area contributed by atoms with Crippen molar-refractivity contribution < 1.29 is 29.3 Å². The van der Waals surface area contributed by atoms with E-state index in [0.717, 1.165) is 5.56 Å². The first kappa shape index (κ1) is 23.4. The second-order valence-electron chi connectivity index (χ2n) is 6.83. The summed E-state index contributed by atoms with van der Waals surface area (Å²) in [7, 11) is 0. The van der Waals surface area contributed by atoms with E-state index in [4.69, 9.17) is 37.8 Å². The predicted molar refractivity (Wildman–Crippen MR) is 104 cm³/mol. The zero-order valence-corrected chi connectivity index (χ0v) is 17.0. The van der Waals surface area contributed by atoms with Crippen LogP contribution in [0.3, 0.4) is 0 Å². The maximum absolute atomic E-state index is 11.8. The molecule has 1 aromatic carbocycles. The Bertz CT molecular complexity index is 681. The van der Waals surface area contributed by atoms with Gasteiger partial charge in [0, 0.05) is 6.61 Å². The standard InChI is InChI=1S/C19H24Cl2O6/c1-19(2,3)27-18(25)15(22)16(17(23)24)26-10-6-4-5-7-12-8-9-13(20)14(21)11-12/h5,7-9,11,15-16,22H,4,6,10H2,1-3H3,(H,23,24)/t15-,16-/m1/s1. The second kappa shape index (κ2) is 10.7. The molecule has 0 amide bonds. The highest BCUT2D eigenvalue weighted by Gasteiger charge is 2.36. The van der Waals surface area contributed by atoms with Crippen LogP contribution in [0.4, 0.5) is 0 Å². The van der Waals surface area contributed by atoms with Crippen LogP contribution in [0.2, 0.25) is 10.0 Å². The van der Waals surface area contributed by atoms with Gasteiger partial charge in [-0.15, -0.1) is 0 Å². The van der Waals surface area contributed by atoms with Gasteiger partial charge in [0.15, 0.2) is 12.2 Å². The van der Waals surface area contributed by atoms with Crippen LogP contribution in [-0.4, -0.2) is 46.6 Å². The number of hydrogen-bond acceptors (Lipinski definition) is 5. The van der Waals surface area contributed by atoms with Crippen LogP contribution in [0, 0.1) is 0 Å². The average Bonchev–Trinajstić information content (AvgIpc) is 2.54. The summed E-state index contributed by atoms with van der Waals surface area (Å²) in [4.78, 5) is 23.0. The van der Waals surface area contributed by atoms with Gasteiger partial charge in [0.2, 0.25) is 0 Å². The number of carboxylic acid groups (broad SMARTS) is 1. The van der Waals surface area contributed by atoms with Crippen molar-refractivity contribution in [1.29, 1.82) is 0 Å². The lowest BCUT2D eigenvalue weighted by Gasteiger charge is -2.24. The fraction of sp³-hybridized carbons (Fsp3) is 0.474. The summed E-state index contributed by atoms with van der Waals surface area (Å²) in [5.74, 6) is -2.46. The van der Waals surface area contributed by atoms with E-state index in [1.165, 1.54) is 0 Å². The van der Waals surface area contributed by atoms with Crippen LogP contribution in [0.5, 0.6) is 0 Å². The highest BCUT2D eigenvalue weighted by Crippen LogP contribution is 2.23. The molecule has 0 heterocycles. The third-order valence-electron chi connectivity index (χ3n) is 3.24. The number of aliphatic carboxylic acids is 1. The zero-order valence-electron chi connectivity index (χ0n) is 15.4. The van der Waals surface area contributed by atoms with Gasteiger partial charge in [-0.2, -0.15) is 0 Å². The van der Waals surface area contributed by atoms with E-state index in [1.54, 1.807) is 32.9 Å². The Morgan fingerprint density at radius 2 is 1.89 bits per heavy atom. The molecule has 2 atom stereocenters. The number of unbranched alkanes of at least 4 members (excludes halogenated alkanes) is 1. The summed E-state index contributed by atoms with van der Waals surface area (Å²) in [5.41, 5.74) is 0.0466. The Morgan fingerprint density at radius 3 is 2.44 bits per heavy atom. The third-order valence-corrected chi connectivity index (χ3v) is 3.98. The van der Waals surface area contributed by atoms with E-state index < -0.39 is 29.7 Å². The third kappa shape index (κ3) is 8.75. The van der Waals surface area contributed by atoms with Gasteiger partial charge in [-0.25, -0.2) is 9.59 Å². The molecule has 1 rings (SSSR count). The molecule has 2 N–H and O–H groups in total. The largest absolute Gasteiger partial charge is 0.479 e. The van der Waals surface area contributed by atoms with Crippen LogP contribution in [0.15, 0.2) is 24.3 Å². The zero-order chi connectivity index (χ0) is 20.6. The first-order valence-corrected chi connectivity index (χ1v) is 9.14. The minimum atomic E-state index is -1.89. The SMILES string of the molecule is CC(C)(C)OC(=O)[C@H](O)[C@@H](OCCCC=Cc1ccc(Cl)c(Cl)c1)C(=O)O. The fourth-order valence-electron chi connectivity index (χ4n) is 2.03. The Hall–Kier alpha value is -1.60. The van der Waals surface area contributed by atoms with E-state index in [1.807, 2.05) is 18.2 Å². The number of benzene rings is 1. The summed E-state index contributed by atoms with van der Waals surface area (Å²) in [5, 5.41) is 20.0. The van der Waals surface area contributed by atoms with Crippen molar-refractivity contribution in [3.63, 3.8) is 0 Å². The molecule has 0 spiro atoms. The number of carbonyl (C=O) groups excluding carboxylic acids is 1. The summed E-state index contributed by atoms with van der Waals surface area (Å²) in [6.07, 6.45) is 1.26. The first-order valence-electron chi connectivity index (χ1n) is 8.38. The van der Waals surface area contributed by atoms with E-state index in [2.05, 4.69) is 0 Å². The van der Waals surface area contributed by atoms with Crippen molar-refractivity contribution in [1.82, 2.24) is 0 Å². The van der Waals surface area contributed by atoms with Gasteiger partial charge in [-0.1, -0.05) is 41.4 Å². The second-order valence-corrected chi connectivity index (χ2v) is 7.64. The molecule has 0 aliphatic rings. The molecule has 1 aromatic rings. The Balaban J connectivity index is 2.46. The smallest absolute Gasteiger partial charge is 0.338 e.